The topological polar surface area (TPSA) is 94.1 Å². The molecule has 0 heterocycles. The smallest absolute Gasteiger partial charge is 0.329 e. The van der Waals surface area contributed by atoms with E-state index in [1.165, 1.54) is 26.4 Å². The molecule has 2 aromatic carbocycles. The van der Waals surface area contributed by atoms with E-state index in [4.69, 9.17) is 14.2 Å². The summed E-state index contributed by atoms with van der Waals surface area (Å²) in [5.74, 6) is -0.447. The first-order valence-corrected chi connectivity index (χ1v) is 9.48. The van der Waals surface area contributed by atoms with Gasteiger partial charge in [0.1, 0.15) is 12.1 Å². The zero-order valence-electron chi connectivity index (χ0n) is 16.6. The number of rotatable bonds is 8. The Labute approximate surface area is 169 Å². The molecule has 0 radical (unpaired) electrons. The molecule has 0 saturated heterocycles. The van der Waals surface area contributed by atoms with Gasteiger partial charge in [-0.05, 0) is 30.5 Å². The number of hydrogen-bond donors (Lipinski definition) is 2. The molecule has 0 unspecified atom stereocenters. The Morgan fingerprint density at radius 3 is 2.14 bits per heavy atom. The molecule has 7 nitrogen and oxygen atoms in total. The molecule has 0 atom stereocenters. The van der Waals surface area contributed by atoms with Crippen molar-refractivity contribution in [2.24, 2.45) is 0 Å². The van der Waals surface area contributed by atoms with Crippen molar-refractivity contribution < 1.29 is 28.9 Å². The summed E-state index contributed by atoms with van der Waals surface area (Å²) in [5.41, 5.74) is 0.00128. The molecule has 1 fully saturated rings. The molecule has 1 saturated carbocycles. The van der Waals surface area contributed by atoms with Crippen molar-refractivity contribution in [1.29, 1.82) is 0 Å². The average Bonchev–Trinajstić information content (AvgIpc) is 3.22. The Balaban J connectivity index is 1.85. The molecule has 1 aliphatic carbocycles. The third-order valence-electron chi connectivity index (χ3n) is 5.17. The monoisotopic (exact) mass is 399 g/mol. The van der Waals surface area contributed by atoms with Gasteiger partial charge < -0.3 is 24.6 Å². The van der Waals surface area contributed by atoms with Crippen LogP contribution >= 0.6 is 0 Å². The summed E-state index contributed by atoms with van der Waals surface area (Å²) in [6.07, 6.45) is 2.37. The molecule has 0 bridgehead atoms. The summed E-state index contributed by atoms with van der Waals surface area (Å²) in [6.45, 7) is 0.307. The van der Waals surface area contributed by atoms with Crippen molar-refractivity contribution in [3.05, 3.63) is 53.6 Å². The third kappa shape index (κ3) is 4.45. The molecule has 0 aliphatic heterocycles. The van der Waals surface area contributed by atoms with Crippen LogP contribution in [0.25, 0.3) is 0 Å². The fraction of sp³-hybridized carbons (Fsp3) is 0.364. The van der Waals surface area contributed by atoms with Crippen LogP contribution in [0.3, 0.4) is 0 Å². The highest BCUT2D eigenvalue weighted by Gasteiger charge is 2.42. The van der Waals surface area contributed by atoms with Gasteiger partial charge in [-0.2, -0.15) is 0 Å². The highest BCUT2D eigenvalue weighted by molar-refractivity contribution is 5.99. The molecular formula is C22H25NO6. The predicted octanol–water partition coefficient (Wildman–Crippen LogP) is 3.41. The second-order valence-corrected chi connectivity index (χ2v) is 7.03. The summed E-state index contributed by atoms with van der Waals surface area (Å²) in [6, 6.07) is 12.7. The summed E-state index contributed by atoms with van der Waals surface area (Å²) in [7, 11) is 2.95. The largest absolute Gasteiger partial charge is 0.493 e. The van der Waals surface area contributed by atoms with E-state index in [2.05, 4.69) is 5.32 Å². The van der Waals surface area contributed by atoms with E-state index in [9.17, 15) is 14.7 Å². The van der Waals surface area contributed by atoms with Gasteiger partial charge in [0.05, 0.1) is 14.2 Å². The number of methoxy groups -OCH3 is 2. The van der Waals surface area contributed by atoms with E-state index < -0.39 is 17.4 Å². The minimum absolute atomic E-state index is 0.248. The van der Waals surface area contributed by atoms with Gasteiger partial charge in [-0.15, -0.1) is 0 Å². The summed E-state index contributed by atoms with van der Waals surface area (Å²) in [4.78, 5) is 24.5. The number of amides is 1. The number of carbonyl (C=O) groups excluding carboxylic acids is 1. The number of benzene rings is 2. The molecule has 2 aromatic rings. The molecule has 154 valence electrons. The van der Waals surface area contributed by atoms with Crippen molar-refractivity contribution >= 4 is 11.9 Å². The van der Waals surface area contributed by atoms with Crippen LogP contribution in [0, 0.1) is 0 Å². The highest BCUT2D eigenvalue weighted by atomic mass is 16.5. The van der Waals surface area contributed by atoms with Gasteiger partial charge >= 0.3 is 5.97 Å². The molecule has 1 aliphatic rings. The lowest BCUT2D eigenvalue weighted by atomic mass is 9.97. The quantitative estimate of drug-likeness (QED) is 0.707. The molecule has 0 aromatic heterocycles. The van der Waals surface area contributed by atoms with Crippen LogP contribution in [0.15, 0.2) is 42.5 Å². The number of carbonyl (C=O) groups is 2. The Hall–Kier alpha value is -3.22. The van der Waals surface area contributed by atoms with Gasteiger partial charge in [0.15, 0.2) is 11.5 Å². The Kier molecular flexibility index (Phi) is 6.26. The van der Waals surface area contributed by atoms with Crippen LogP contribution in [0.5, 0.6) is 17.2 Å². The second kappa shape index (κ2) is 8.86. The molecule has 2 N–H and O–H groups in total. The molecule has 1 amide bonds. The van der Waals surface area contributed by atoms with Gasteiger partial charge in [-0.1, -0.05) is 43.2 Å². The fourth-order valence-corrected chi connectivity index (χ4v) is 3.54. The lowest BCUT2D eigenvalue weighted by Gasteiger charge is -2.25. The lowest BCUT2D eigenvalue weighted by molar-refractivity contribution is -0.144. The standard InChI is InChI=1S/C22H25NO6/c1-27-17-12-16(20(24)23-22(21(25)26)10-6-7-11-22)13-18(28-2)19(17)29-14-15-8-4-3-5-9-15/h3-5,8-9,12-13H,6-7,10-11,14H2,1-2H3,(H,23,24)(H,25,26). The van der Waals surface area contributed by atoms with Crippen LogP contribution in [-0.4, -0.2) is 36.7 Å². The average molecular weight is 399 g/mol. The van der Waals surface area contributed by atoms with E-state index in [-0.39, 0.29) is 5.56 Å². The second-order valence-electron chi connectivity index (χ2n) is 7.03. The summed E-state index contributed by atoms with van der Waals surface area (Å²) in [5, 5.41) is 12.3. The summed E-state index contributed by atoms with van der Waals surface area (Å²) >= 11 is 0. The fourth-order valence-electron chi connectivity index (χ4n) is 3.54. The maximum absolute atomic E-state index is 12.8. The summed E-state index contributed by atoms with van der Waals surface area (Å²) < 4.78 is 16.7. The molecule has 0 spiro atoms. The Morgan fingerprint density at radius 2 is 1.62 bits per heavy atom. The number of ether oxygens (including phenoxy) is 3. The van der Waals surface area contributed by atoms with E-state index in [1.807, 2.05) is 30.3 Å². The van der Waals surface area contributed by atoms with Crippen LogP contribution < -0.4 is 19.5 Å². The normalized spacial score (nSPS) is 14.8. The van der Waals surface area contributed by atoms with Gasteiger partial charge in [-0.3, -0.25) is 4.79 Å². The van der Waals surface area contributed by atoms with Crippen LogP contribution in [0.4, 0.5) is 0 Å². The number of hydrogen-bond acceptors (Lipinski definition) is 5. The minimum Gasteiger partial charge on any atom is -0.493 e. The van der Waals surface area contributed by atoms with Gasteiger partial charge in [0, 0.05) is 5.56 Å². The van der Waals surface area contributed by atoms with Crippen molar-refractivity contribution in [2.75, 3.05) is 14.2 Å². The number of carboxylic acid groups (broad SMARTS) is 1. The molecule has 3 rings (SSSR count). The maximum atomic E-state index is 12.8. The SMILES string of the molecule is COc1cc(C(=O)NC2(C(=O)O)CCCC2)cc(OC)c1OCc1ccccc1. The van der Waals surface area contributed by atoms with Crippen molar-refractivity contribution in [3.8, 4) is 17.2 Å². The van der Waals surface area contributed by atoms with Gasteiger partial charge in [0.2, 0.25) is 5.75 Å². The van der Waals surface area contributed by atoms with Crippen LogP contribution in [0.1, 0.15) is 41.6 Å². The van der Waals surface area contributed by atoms with E-state index in [0.717, 1.165) is 18.4 Å². The van der Waals surface area contributed by atoms with E-state index in [1.54, 1.807) is 0 Å². The van der Waals surface area contributed by atoms with E-state index in [0.29, 0.717) is 36.7 Å². The van der Waals surface area contributed by atoms with Crippen molar-refractivity contribution in [2.45, 2.75) is 37.8 Å². The van der Waals surface area contributed by atoms with Gasteiger partial charge in [-0.25, -0.2) is 4.79 Å². The Bertz CT molecular complexity index is 849. The Morgan fingerprint density at radius 1 is 1.03 bits per heavy atom. The zero-order valence-corrected chi connectivity index (χ0v) is 16.6. The van der Waals surface area contributed by atoms with E-state index >= 15 is 0 Å². The first-order chi connectivity index (χ1) is 14.0. The number of aliphatic carboxylic acids is 1. The minimum atomic E-state index is -1.22. The first kappa shape index (κ1) is 20.5. The lowest BCUT2D eigenvalue weighted by Crippen LogP contribution is -2.52. The number of nitrogens with one attached hydrogen (secondary N) is 1. The zero-order chi connectivity index (χ0) is 20.9. The van der Waals surface area contributed by atoms with Crippen LogP contribution in [-0.2, 0) is 11.4 Å². The third-order valence-corrected chi connectivity index (χ3v) is 5.17. The predicted molar refractivity (Wildman–Crippen MR) is 107 cm³/mol. The van der Waals surface area contributed by atoms with Crippen LogP contribution in [0.2, 0.25) is 0 Å². The van der Waals surface area contributed by atoms with Gasteiger partial charge in [0.25, 0.3) is 5.91 Å². The molecule has 29 heavy (non-hydrogen) atoms. The molecular weight excluding hydrogens is 374 g/mol. The van der Waals surface area contributed by atoms with Crippen molar-refractivity contribution in [3.63, 3.8) is 0 Å². The number of carboxylic acids is 1. The molecule has 7 heteroatoms. The maximum Gasteiger partial charge on any atom is 0.329 e. The first-order valence-electron chi connectivity index (χ1n) is 9.48. The highest BCUT2D eigenvalue weighted by Crippen LogP contribution is 2.39. The van der Waals surface area contributed by atoms with Crippen molar-refractivity contribution in [1.82, 2.24) is 5.32 Å².